The van der Waals surface area contributed by atoms with Crippen molar-refractivity contribution in [2.75, 3.05) is 33.2 Å². The molecule has 2 N–H and O–H groups in total. The van der Waals surface area contributed by atoms with E-state index in [1.54, 1.807) is 7.05 Å². The van der Waals surface area contributed by atoms with Gasteiger partial charge in [-0.15, -0.1) is 0 Å². The van der Waals surface area contributed by atoms with Crippen LogP contribution >= 0.6 is 0 Å². The molecule has 4 nitrogen and oxygen atoms in total. The maximum atomic E-state index is 11.4. The Morgan fingerprint density at radius 3 is 2.60 bits per heavy atom. The number of hydrogen-bond acceptors (Lipinski definition) is 3. The van der Waals surface area contributed by atoms with Gasteiger partial charge < -0.3 is 10.6 Å². The molecule has 1 saturated carbocycles. The number of nitrogens with zero attached hydrogens (tertiary/aromatic N) is 1. The van der Waals surface area contributed by atoms with Crippen LogP contribution in [0.4, 0.5) is 0 Å². The third-order valence-electron chi connectivity index (χ3n) is 4.97. The summed E-state index contributed by atoms with van der Waals surface area (Å²) in [5.41, 5.74) is 0. The second kappa shape index (κ2) is 7.99. The summed E-state index contributed by atoms with van der Waals surface area (Å²) in [5.74, 6) is 1.94. The van der Waals surface area contributed by atoms with Gasteiger partial charge in [0.2, 0.25) is 5.91 Å². The van der Waals surface area contributed by atoms with Crippen molar-refractivity contribution in [2.24, 2.45) is 11.8 Å². The van der Waals surface area contributed by atoms with E-state index in [2.05, 4.69) is 22.5 Å². The lowest BCUT2D eigenvalue weighted by Crippen LogP contribution is -2.46. The van der Waals surface area contributed by atoms with Crippen molar-refractivity contribution in [3.8, 4) is 0 Å². The normalized spacial score (nSPS) is 29.3. The van der Waals surface area contributed by atoms with Gasteiger partial charge >= 0.3 is 0 Å². The fraction of sp³-hybridized carbons (Fsp3) is 0.938. The molecule has 0 aromatic heterocycles. The van der Waals surface area contributed by atoms with E-state index in [4.69, 9.17) is 0 Å². The van der Waals surface area contributed by atoms with Crippen LogP contribution in [0.25, 0.3) is 0 Å². The van der Waals surface area contributed by atoms with Crippen LogP contribution in [0.15, 0.2) is 0 Å². The number of carbonyl (C=O) groups is 1. The average Bonchev–Trinajstić information content (AvgIpc) is 2.46. The van der Waals surface area contributed by atoms with Gasteiger partial charge in [-0.2, -0.15) is 0 Å². The van der Waals surface area contributed by atoms with Crippen molar-refractivity contribution in [1.82, 2.24) is 15.5 Å². The monoisotopic (exact) mass is 281 g/mol. The number of amides is 1. The van der Waals surface area contributed by atoms with Crippen molar-refractivity contribution < 1.29 is 4.79 Å². The van der Waals surface area contributed by atoms with E-state index >= 15 is 0 Å². The summed E-state index contributed by atoms with van der Waals surface area (Å²) in [7, 11) is 1.71. The first-order chi connectivity index (χ1) is 9.67. The van der Waals surface area contributed by atoms with E-state index in [1.165, 1.54) is 45.1 Å². The quantitative estimate of drug-likeness (QED) is 0.805. The third-order valence-corrected chi connectivity index (χ3v) is 4.97. The summed E-state index contributed by atoms with van der Waals surface area (Å²) >= 11 is 0. The Balaban J connectivity index is 1.61. The van der Waals surface area contributed by atoms with E-state index in [0.29, 0.717) is 12.6 Å². The molecular weight excluding hydrogens is 250 g/mol. The van der Waals surface area contributed by atoms with Crippen LogP contribution in [-0.2, 0) is 4.79 Å². The van der Waals surface area contributed by atoms with Crippen molar-refractivity contribution in [3.05, 3.63) is 0 Å². The van der Waals surface area contributed by atoms with Crippen LogP contribution in [0.1, 0.15) is 45.4 Å². The van der Waals surface area contributed by atoms with Gasteiger partial charge in [0.25, 0.3) is 0 Å². The molecule has 4 heteroatoms. The highest BCUT2D eigenvalue weighted by molar-refractivity contribution is 5.77. The summed E-state index contributed by atoms with van der Waals surface area (Å²) in [5, 5.41) is 6.47. The van der Waals surface area contributed by atoms with Gasteiger partial charge in [-0.25, -0.2) is 0 Å². The molecule has 1 saturated heterocycles. The van der Waals surface area contributed by atoms with Gasteiger partial charge in [0.1, 0.15) is 0 Å². The summed E-state index contributed by atoms with van der Waals surface area (Å²) in [6, 6.07) is 0.660. The molecule has 2 atom stereocenters. The van der Waals surface area contributed by atoms with Crippen molar-refractivity contribution >= 4 is 5.91 Å². The average molecular weight is 281 g/mol. The Bertz CT molecular complexity index is 300. The number of nitrogens with one attached hydrogen (secondary N) is 2. The van der Waals surface area contributed by atoms with Gasteiger partial charge in [0.15, 0.2) is 0 Å². The maximum absolute atomic E-state index is 11.4. The zero-order valence-electron chi connectivity index (χ0n) is 13.2. The van der Waals surface area contributed by atoms with E-state index in [-0.39, 0.29) is 5.91 Å². The zero-order valence-corrected chi connectivity index (χ0v) is 13.2. The smallest absolute Gasteiger partial charge is 0.233 e. The molecule has 0 radical (unpaired) electrons. The van der Waals surface area contributed by atoms with Gasteiger partial charge in [0, 0.05) is 26.2 Å². The minimum absolute atomic E-state index is 0.132. The molecule has 2 aliphatic rings. The van der Waals surface area contributed by atoms with Crippen LogP contribution in [0.3, 0.4) is 0 Å². The van der Waals surface area contributed by atoms with Crippen LogP contribution in [-0.4, -0.2) is 50.1 Å². The van der Waals surface area contributed by atoms with Gasteiger partial charge in [-0.05, 0) is 44.1 Å². The molecule has 0 spiro atoms. The first kappa shape index (κ1) is 15.8. The zero-order chi connectivity index (χ0) is 14.4. The second-order valence-corrected chi connectivity index (χ2v) is 6.77. The van der Waals surface area contributed by atoms with Gasteiger partial charge in [0.05, 0.1) is 6.54 Å². The molecule has 0 aromatic rings. The molecule has 0 bridgehead atoms. The summed E-state index contributed by atoms with van der Waals surface area (Å²) < 4.78 is 0. The SMILES string of the molecule is CNC(=O)CN1CCC(NCC2CCCC(C)C2)CC1. The topological polar surface area (TPSA) is 44.4 Å². The van der Waals surface area contributed by atoms with Crippen molar-refractivity contribution in [2.45, 2.75) is 51.5 Å². The summed E-state index contributed by atoms with van der Waals surface area (Å²) in [6.07, 6.45) is 8.01. The Hall–Kier alpha value is -0.610. The van der Waals surface area contributed by atoms with Gasteiger partial charge in [-0.1, -0.05) is 19.8 Å². The molecule has 116 valence electrons. The van der Waals surface area contributed by atoms with Crippen molar-refractivity contribution in [1.29, 1.82) is 0 Å². The fourth-order valence-electron chi connectivity index (χ4n) is 3.66. The highest BCUT2D eigenvalue weighted by Crippen LogP contribution is 2.28. The number of hydrogen-bond donors (Lipinski definition) is 2. The molecular formula is C16H31N3O. The Labute approximate surface area is 123 Å². The number of likely N-dealkylation sites (tertiary alicyclic amines) is 1. The lowest BCUT2D eigenvalue weighted by Gasteiger charge is -2.34. The lowest BCUT2D eigenvalue weighted by atomic mass is 9.82. The summed E-state index contributed by atoms with van der Waals surface area (Å²) in [4.78, 5) is 13.6. The minimum atomic E-state index is 0.132. The molecule has 1 aliphatic heterocycles. The van der Waals surface area contributed by atoms with Crippen LogP contribution in [0, 0.1) is 11.8 Å². The largest absolute Gasteiger partial charge is 0.358 e. The second-order valence-electron chi connectivity index (χ2n) is 6.77. The van der Waals surface area contributed by atoms with Crippen LogP contribution < -0.4 is 10.6 Å². The first-order valence-corrected chi connectivity index (χ1v) is 8.33. The number of likely N-dealkylation sites (N-methyl/N-ethyl adjacent to an activating group) is 1. The molecule has 1 aliphatic carbocycles. The molecule has 1 heterocycles. The fourth-order valence-corrected chi connectivity index (χ4v) is 3.66. The lowest BCUT2D eigenvalue weighted by molar-refractivity contribution is -0.122. The number of carbonyl (C=O) groups excluding carboxylic acids is 1. The van der Waals surface area contributed by atoms with Crippen molar-refractivity contribution in [3.63, 3.8) is 0 Å². The van der Waals surface area contributed by atoms with E-state index in [0.717, 1.165) is 24.9 Å². The standard InChI is InChI=1S/C16H31N3O/c1-13-4-3-5-14(10-13)11-18-15-6-8-19(9-7-15)12-16(20)17-2/h13-15,18H,3-12H2,1-2H3,(H,17,20). The predicted molar refractivity (Wildman–Crippen MR) is 82.7 cm³/mol. The van der Waals surface area contributed by atoms with Crippen LogP contribution in [0.5, 0.6) is 0 Å². The predicted octanol–water partition coefficient (Wildman–Crippen LogP) is 1.61. The Morgan fingerprint density at radius 2 is 1.95 bits per heavy atom. The number of rotatable bonds is 5. The molecule has 2 fully saturated rings. The highest BCUT2D eigenvalue weighted by Gasteiger charge is 2.23. The molecule has 1 amide bonds. The van der Waals surface area contributed by atoms with E-state index in [1.807, 2.05) is 0 Å². The van der Waals surface area contributed by atoms with E-state index in [9.17, 15) is 4.79 Å². The number of piperidine rings is 1. The molecule has 2 rings (SSSR count). The van der Waals surface area contributed by atoms with Gasteiger partial charge in [-0.3, -0.25) is 9.69 Å². The molecule has 2 unspecified atom stereocenters. The molecule has 0 aromatic carbocycles. The Morgan fingerprint density at radius 1 is 1.20 bits per heavy atom. The third kappa shape index (κ3) is 5.06. The Kier molecular flexibility index (Phi) is 6.30. The highest BCUT2D eigenvalue weighted by atomic mass is 16.1. The van der Waals surface area contributed by atoms with Crippen LogP contribution in [0.2, 0.25) is 0 Å². The summed E-state index contributed by atoms with van der Waals surface area (Å²) in [6.45, 7) is 6.25. The maximum Gasteiger partial charge on any atom is 0.233 e. The van der Waals surface area contributed by atoms with E-state index < -0.39 is 0 Å². The first-order valence-electron chi connectivity index (χ1n) is 8.33. The molecule has 20 heavy (non-hydrogen) atoms. The minimum Gasteiger partial charge on any atom is -0.358 e.